The minimum Gasteiger partial charge on any atom is -0.361 e. The lowest BCUT2D eigenvalue weighted by Gasteiger charge is -2.13. The van der Waals surface area contributed by atoms with Crippen LogP contribution in [0.2, 0.25) is 0 Å². The predicted octanol–water partition coefficient (Wildman–Crippen LogP) is 1.88. The summed E-state index contributed by atoms with van der Waals surface area (Å²) >= 11 is 0. The van der Waals surface area contributed by atoms with Gasteiger partial charge in [0.15, 0.2) is 5.96 Å². The highest BCUT2D eigenvalue weighted by Crippen LogP contribution is 2.19. The molecule has 6 nitrogen and oxygen atoms in total. The zero-order valence-corrected chi connectivity index (χ0v) is 15.0. The molecule has 0 spiro atoms. The quantitative estimate of drug-likeness (QED) is 0.529. The molecule has 2 rings (SSSR count). The van der Waals surface area contributed by atoms with Gasteiger partial charge in [-0.15, -0.1) is 0 Å². The summed E-state index contributed by atoms with van der Waals surface area (Å²) in [4.78, 5) is 20.6. The smallest absolute Gasteiger partial charge is 0.243 e. The Kier molecular flexibility index (Phi) is 6.80. The van der Waals surface area contributed by atoms with Crippen molar-refractivity contribution in [2.45, 2.75) is 19.8 Å². The number of aromatic nitrogens is 1. The van der Waals surface area contributed by atoms with Gasteiger partial charge in [0.25, 0.3) is 0 Å². The Bertz CT molecular complexity index is 738. The number of fused-ring (bicyclic) bond motifs is 1. The van der Waals surface area contributed by atoms with Crippen LogP contribution in [0.15, 0.2) is 29.4 Å². The van der Waals surface area contributed by atoms with Crippen LogP contribution in [0.1, 0.15) is 18.9 Å². The average Bonchev–Trinajstić information content (AvgIpc) is 2.98. The highest BCUT2D eigenvalue weighted by molar-refractivity contribution is 5.85. The minimum atomic E-state index is -0.247. The topological polar surface area (TPSA) is 72.5 Å². The molecule has 1 heterocycles. The first-order valence-corrected chi connectivity index (χ1v) is 8.49. The zero-order chi connectivity index (χ0) is 18.2. The van der Waals surface area contributed by atoms with Crippen molar-refractivity contribution >= 4 is 22.8 Å². The molecule has 0 atom stereocenters. The number of aliphatic imine (C=N–C) groups is 1. The lowest BCUT2D eigenvalue weighted by molar-refractivity contribution is -0.127. The predicted molar refractivity (Wildman–Crippen MR) is 99.3 cm³/mol. The van der Waals surface area contributed by atoms with E-state index in [1.165, 1.54) is 17.0 Å². The molecular weight excluding hydrogens is 321 g/mol. The van der Waals surface area contributed by atoms with Gasteiger partial charge < -0.3 is 20.5 Å². The monoisotopic (exact) mass is 347 g/mol. The van der Waals surface area contributed by atoms with Gasteiger partial charge in [-0.05, 0) is 36.6 Å². The molecule has 2 aromatic rings. The first-order valence-electron chi connectivity index (χ1n) is 8.49. The van der Waals surface area contributed by atoms with Crippen LogP contribution in [0.5, 0.6) is 0 Å². The summed E-state index contributed by atoms with van der Waals surface area (Å²) in [6, 6.07) is 4.75. The zero-order valence-electron chi connectivity index (χ0n) is 15.0. The summed E-state index contributed by atoms with van der Waals surface area (Å²) in [6.07, 6.45) is 3.63. The van der Waals surface area contributed by atoms with Crippen molar-refractivity contribution in [3.05, 3.63) is 35.8 Å². The van der Waals surface area contributed by atoms with Crippen LogP contribution >= 0.6 is 0 Å². The first-order chi connectivity index (χ1) is 12.0. The molecule has 0 radical (unpaired) electrons. The second-order valence-corrected chi connectivity index (χ2v) is 6.06. The average molecular weight is 347 g/mol. The molecule has 3 N–H and O–H groups in total. The second-order valence-electron chi connectivity index (χ2n) is 6.06. The highest BCUT2D eigenvalue weighted by Gasteiger charge is 2.06. The van der Waals surface area contributed by atoms with Gasteiger partial charge >= 0.3 is 0 Å². The molecule has 0 aliphatic carbocycles. The van der Waals surface area contributed by atoms with Crippen LogP contribution < -0.4 is 10.6 Å². The number of carbonyl (C=O) groups excluding carboxylic acids is 1. The maximum Gasteiger partial charge on any atom is 0.243 e. The molecule has 0 fully saturated rings. The summed E-state index contributed by atoms with van der Waals surface area (Å²) in [5.74, 6) is 0.335. The van der Waals surface area contributed by atoms with Gasteiger partial charge in [0.1, 0.15) is 12.4 Å². The fourth-order valence-electron chi connectivity index (χ4n) is 2.39. The maximum atomic E-state index is 13.2. The molecule has 0 saturated heterocycles. The van der Waals surface area contributed by atoms with E-state index in [1.807, 2.05) is 6.20 Å². The van der Waals surface area contributed by atoms with Crippen LogP contribution in [0, 0.1) is 5.82 Å². The molecule has 0 aliphatic heterocycles. The van der Waals surface area contributed by atoms with Gasteiger partial charge in [-0.1, -0.05) is 6.92 Å². The largest absolute Gasteiger partial charge is 0.361 e. The van der Waals surface area contributed by atoms with E-state index in [0.717, 1.165) is 35.9 Å². The number of nitrogens with zero attached hydrogens (tertiary/aromatic N) is 2. The molecule has 1 aromatic heterocycles. The number of guanidine groups is 1. The summed E-state index contributed by atoms with van der Waals surface area (Å²) in [6.45, 7) is 3.63. The number of benzene rings is 1. The Morgan fingerprint density at radius 1 is 1.28 bits per heavy atom. The molecule has 136 valence electrons. The van der Waals surface area contributed by atoms with Crippen LogP contribution in [0.4, 0.5) is 4.39 Å². The molecule has 1 aromatic carbocycles. The lowest BCUT2D eigenvalue weighted by atomic mass is 10.1. The molecule has 0 bridgehead atoms. The number of aromatic amines is 1. The van der Waals surface area contributed by atoms with E-state index in [4.69, 9.17) is 0 Å². The highest BCUT2D eigenvalue weighted by atomic mass is 19.1. The van der Waals surface area contributed by atoms with Crippen molar-refractivity contribution < 1.29 is 9.18 Å². The van der Waals surface area contributed by atoms with Gasteiger partial charge in [-0.25, -0.2) is 9.38 Å². The summed E-state index contributed by atoms with van der Waals surface area (Å²) < 4.78 is 13.2. The van der Waals surface area contributed by atoms with Gasteiger partial charge in [0, 0.05) is 44.3 Å². The fourth-order valence-corrected chi connectivity index (χ4v) is 2.39. The van der Waals surface area contributed by atoms with Gasteiger partial charge in [0.05, 0.1) is 0 Å². The number of carbonyl (C=O) groups is 1. The normalized spacial score (nSPS) is 11.6. The number of amides is 1. The van der Waals surface area contributed by atoms with Gasteiger partial charge in [0.2, 0.25) is 5.91 Å². The molecule has 0 saturated carbocycles. The molecule has 25 heavy (non-hydrogen) atoms. The molecular formula is C18H26FN5O. The molecule has 7 heteroatoms. The summed E-state index contributed by atoms with van der Waals surface area (Å²) in [5, 5.41) is 7.46. The van der Waals surface area contributed by atoms with E-state index >= 15 is 0 Å². The number of nitrogens with one attached hydrogen (secondary N) is 3. The molecule has 0 unspecified atom stereocenters. The molecule has 1 amide bonds. The van der Waals surface area contributed by atoms with E-state index in [1.54, 1.807) is 20.2 Å². The fraction of sp³-hybridized carbons (Fsp3) is 0.444. The second kappa shape index (κ2) is 9.05. The lowest BCUT2D eigenvalue weighted by Crippen LogP contribution is -2.39. The summed E-state index contributed by atoms with van der Waals surface area (Å²) in [5.41, 5.74) is 1.91. The third kappa shape index (κ3) is 5.48. The standard InChI is InChI=1S/C18H26FN5O/c1-4-8-20-18(23-12-17(25)24(2)3)21-9-7-13-11-22-16-10-14(19)5-6-15(13)16/h5-6,10-11,22H,4,7-9,12H2,1-3H3,(H2,20,21,23). The number of H-pyrrole nitrogens is 1. The maximum absolute atomic E-state index is 13.2. The van der Waals surface area contributed by atoms with Crippen molar-refractivity contribution in [3.8, 4) is 0 Å². The third-order valence-electron chi connectivity index (χ3n) is 3.83. The van der Waals surface area contributed by atoms with Crippen LogP contribution in [-0.2, 0) is 11.2 Å². The Labute approximate surface area is 147 Å². The number of hydrogen-bond acceptors (Lipinski definition) is 2. The van der Waals surface area contributed by atoms with Gasteiger partial charge in [-0.2, -0.15) is 0 Å². The van der Waals surface area contributed by atoms with Crippen molar-refractivity contribution in [2.24, 2.45) is 4.99 Å². The van der Waals surface area contributed by atoms with E-state index in [-0.39, 0.29) is 18.3 Å². The van der Waals surface area contributed by atoms with Crippen LogP contribution in [0.25, 0.3) is 10.9 Å². The van der Waals surface area contributed by atoms with Crippen molar-refractivity contribution in [1.82, 2.24) is 20.5 Å². The van der Waals surface area contributed by atoms with Crippen molar-refractivity contribution in [1.29, 1.82) is 0 Å². The molecule has 0 aliphatic rings. The van der Waals surface area contributed by atoms with E-state index < -0.39 is 0 Å². The van der Waals surface area contributed by atoms with E-state index in [0.29, 0.717) is 12.5 Å². The Morgan fingerprint density at radius 3 is 2.76 bits per heavy atom. The Morgan fingerprint density at radius 2 is 2.04 bits per heavy atom. The SMILES string of the molecule is CCCNC(=NCC(=O)N(C)C)NCCc1c[nH]c2cc(F)ccc12. The van der Waals surface area contributed by atoms with Crippen molar-refractivity contribution in [2.75, 3.05) is 33.7 Å². The number of halogens is 1. The summed E-state index contributed by atoms with van der Waals surface area (Å²) in [7, 11) is 3.43. The van der Waals surface area contributed by atoms with E-state index in [2.05, 4.69) is 27.5 Å². The third-order valence-corrected chi connectivity index (χ3v) is 3.83. The number of hydrogen-bond donors (Lipinski definition) is 3. The van der Waals surface area contributed by atoms with E-state index in [9.17, 15) is 9.18 Å². The van der Waals surface area contributed by atoms with Gasteiger partial charge in [-0.3, -0.25) is 4.79 Å². The number of likely N-dealkylation sites (N-methyl/N-ethyl adjacent to an activating group) is 1. The number of rotatable bonds is 7. The minimum absolute atomic E-state index is 0.0451. The van der Waals surface area contributed by atoms with Crippen molar-refractivity contribution in [3.63, 3.8) is 0 Å². The Hall–Kier alpha value is -2.57. The first kappa shape index (κ1) is 18.8. The van der Waals surface area contributed by atoms with Crippen LogP contribution in [0.3, 0.4) is 0 Å². The van der Waals surface area contributed by atoms with Crippen LogP contribution in [-0.4, -0.2) is 55.5 Å². The Balaban J connectivity index is 1.94.